The number of carbonyl (C=O) groups is 2. The van der Waals surface area contributed by atoms with E-state index in [2.05, 4.69) is 0 Å². The van der Waals surface area contributed by atoms with Gasteiger partial charge in [0.15, 0.2) is 0 Å². The highest BCUT2D eigenvalue weighted by Gasteiger charge is 2.45. The molecule has 0 aromatic heterocycles. The van der Waals surface area contributed by atoms with E-state index in [1.807, 2.05) is 4.90 Å². The molecule has 1 heterocycles. The SMILES string of the molecule is O=C(O)CN1CC2CCC(C1)C2C(=O)O. The second kappa shape index (κ2) is 3.81. The van der Waals surface area contributed by atoms with Gasteiger partial charge < -0.3 is 10.2 Å². The first-order chi connectivity index (χ1) is 7.08. The molecule has 1 saturated heterocycles. The predicted molar refractivity (Wildman–Crippen MR) is 51.4 cm³/mol. The number of fused-ring (bicyclic) bond motifs is 2. The van der Waals surface area contributed by atoms with E-state index in [1.165, 1.54) is 0 Å². The normalized spacial score (nSPS) is 35.3. The zero-order chi connectivity index (χ0) is 11.0. The number of carboxylic acids is 2. The summed E-state index contributed by atoms with van der Waals surface area (Å²) in [6.45, 7) is 1.29. The molecule has 2 aliphatic rings. The lowest BCUT2D eigenvalue weighted by Gasteiger charge is -2.34. The molecular weight excluding hydrogens is 198 g/mol. The van der Waals surface area contributed by atoms with Crippen LogP contribution in [-0.2, 0) is 9.59 Å². The molecule has 84 valence electrons. The van der Waals surface area contributed by atoms with Crippen LogP contribution in [0.25, 0.3) is 0 Å². The molecule has 0 aromatic carbocycles. The third-order valence-corrected chi connectivity index (χ3v) is 3.55. The van der Waals surface area contributed by atoms with Gasteiger partial charge in [-0.2, -0.15) is 0 Å². The minimum absolute atomic E-state index is 0.0410. The van der Waals surface area contributed by atoms with Gasteiger partial charge >= 0.3 is 11.9 Å². The number of likely N-dealkylation sites (tertiary alicyclic amines) is 1. The van der Waals surface area contributed by atoms with E-state index >= 15 is 0 Å². The zero-order valence-electron chi connectivity index (χ0n) is 8.43. The summed E-state index contributed by atoms with van der Waals surface area (Å²) in [6.07, 6.45) is 1.86. The molecule has 5 nitrogen and oxygen atoms in total. The third-order valence-electron chi connectivity index (χ3n) is 3.55. The van der Waals surface area contributed by atoms with Gasteiger partial charge in [0.1, 0.15) is 0 Å². The zero-order valence-corrected chi connectivity index (χ0v) is 8.43. The topological polar surface area (TPSA) is 77.8 Å². The number of aliphatic carboxylic acids is 2. The second-order valence-corrected chi connectivity index (χ2v) is 4.55. The number of rotatable bonds is 3. The molecule has 0 aromatic rings. The summed E-state index contributed by atoms with van der Waals surface area (Å²) in [4.78, 5) is 23.4. The van der Waals surface area contributed by atoms with Crippen molar-refractivity contribution < 1.29 is 19.8 Å². The predicted octanol–water partition coefficient (Wildman–Crippen LogP) is 0.114. The van der Waals surface area contributed by atoms with Gasteiger partial charge in [-0.1, -0.05) is 0 Å². The molecule has 0 radical (unpaired) electrons. The smallest absolute Gasteiger partial charge is 0.317 e. The van der Waals surface area contributed by atoms with Gasteiger partial charge in [0.2, 0.25) is 0 Å². The Balaban J connectivity index is 2.01. The van der Waals surface area contributed by atoms with Crippen molar-refractivity contribution in [3.63, 3.8) is 0 Å². The quantitative estimate of drug-likeness (QED) is 0.696. The van der Waals surface area contributed by atoms with E-state index in [0.29, 0.717) is 13.1 Å². The Labute approximate surface area is 87.7 Å². The van der Waals surface area contributed by atoms with Crippen LogP contribution in [0, 0.1) is 17.8 Å². The molecular formula is C10H15NO4. The fourth-order valence-corrected chi connectivity index (χ4v) is 3.04. The lowest BCUT2D eigenvalue weighted by atomic mass is 9.85. The first kappa shape index (κ1) is 10.4. The molecule has 2 rings (SSSR count). The Morgan fingerprint density at radius 3 is 2.07 bits per heavy atom. The van der Waals surface area contributed by atoms with Crippen LogP contribution in [0.5, 0.6) is 0 Å². The monoisotopic (exact) mass is 213 g/mol. The summed E-state index contributed by atoms with van der Waals surface area (Å²) in [5.41, 5.74) is 0. The van der Waals surface area contributed by atoms with Gasteiger partial charge in [0, 0.05) is 13.1 Å². The Kier molecular flexibility index (Phi) is 2.65. The highest BCUT2D eigenvalue weighted by Crippen LogP contribution is 2.41. The molecule has 0 spiro atoms. The van der Waals surface area contributed by atoms with E-state index in [-0.39, 0.29) is 24.3 Å². The van der Waals surface area contributed by atoms with Gasteiger partial charge in [0.25, 0.3) is 0 Å². The molecule has 2 fully saturated rings. The standard InChI is InChI=1S/C10H15NO4/c12-8(13)5-11-3-6-1-2-7(4-11)9(6)10(14)15/h6-7,9H,1-5H2,(H,12,13)(H,14,15). The summed E-state index contributed by atoms with van der Waals surface area (Å²) in [5.74, 6) is -1.48. The fourth-order valence-electron chi connectivity index (χ4n) is 3.04. The van der Waals surface area contributed by atoms with Crippen LogP contribution < -0.4 is 0 Å². The maximum absolute atomic E-state index is 11.0. The summed E-state index contributed by atoms with van der Waals surface area (Å²) in [6, 6.07) is 0. The van der Waals surface area contributed by atoms with Crippen LogP contribution in [0.1, 0.15) is 12.8 Å². The molecule has 2 N–H and O–H groups in total. The molecule has 15 heavy (non-hydrogen) atoms. The van der Waals surface area contributed by atoms with Crippen molar-refractivity contribution in [2.24, 2.45) is 17.8 Å². The van der Waals surface area contributed by atoms with Gasteiger partial charge in [-0.3, -0.25) is 14.5 Å². The van der Waals surface area contributed by atoms with E-state index < -0.39 is 11.9 Å². The largest absolute Gasteiger partial charge is 0.481 e. The van der Waals surface area contributed by atoms with Crippen molar-refractivity contribution >= 4 is 11.9 Å². The first-order valence-electron chi connectivity index (χ1n) is 5.25. The van der Waals surface area contributed by atoms with Crippen LogP contribution in [0.15, 0.2) is 0 Å². The van der Waals surface area contributed by atoms with E-state index in [1.54, 1.807) is 0 Å². The minimum Gasteiger partial charge on any atom is -0.481 e. The van der Waals surface area contributed by atoms with Gasteiger partial charge in [0.05, 0.1) is 12.5 Å². The second-order valence-electron chi connectivity index (χ2n) is 4.55. The number of hydrogen-bond acceptors (Lipinski definition) is 3. The van der Waals surface area contributed by atoms with Crippen molar-refractivity contribution in [1.29, 1.82) is 0 Å². The summed E-state index contributed by atoms with van der Waals surface area (Å²) < 4.78 is 0. The molecule has 1 aliphatic carbocycles. The lowest BCUT2D eigenvalue weighted by molar-refractivity contribution is -0.147. The highest BCUT2D eigenvalue weighted by atomic mass is 16.4. The van der Waals surface area contributed by atoms with Crippen molar-refractivity contribution in [2.45, 2.75) is 12.8 Å². The van der Waals surface area contributed by atoms with Crippen molar-refractivity contribution in [3.8, 4) is 0 Å². The molecule has 1 saturated carbocycles. The lowest BCUT2D eigenvalue weighted by Crippen LogP contribution is -2.46. The molecule has 0 amide bonds. The molecule has 2 bridgehead atoms. The van der Waals surface area contributed by atoms with Crippen LogP contribution in [0.4, 0.5) is 0 Å². The van der Waals surface area contributed by atoms with Crippen LogP contribution >= 0.6 is 0 Å². The van der Waals surface area contributed by atoms with Gasteiger partial charge in [-0.15, -0.1) is 0 Å². The molecule has 2 atom stereocenters. The summed E-state index contributed by atoms with van der Waals surface area (Å²) in [5, 5.41) is 17.7. The van der Waals surface area contributed by atoms with Gasteiger partial charge in [-0.25, -0.2) is 0 Å². The Morgan fingerprint density at radius 2 is 1.67 bits per heavy atom. The third kappa shape index (κ3) is 1.97. The highest BCUT2D eigenvalue weighted by molar-refractivity contribution is 5.72. The van der Waals surface area contributed by atoms with Crippen molar-refractivity contribution in [3.05, 3.63) is 0 Å². The summed E-state index contributed by atoms with van der Waals surface area (Å²) in [7, 11) is 0. The minimum atomic E-state index is -0.830. The summed E-state index contributed by atoms with van der Waals surface area (Å²) >= 11 is 0. The molecule has 1 aliphatic heterocycles. The van der Waals surface area contributed by atoms with Gasteiger partial charge in [-0.05, 0) is 24.7 Å². The molecule has 5 heteroatoms. The molecule has 2 unspecified atom stereocenters. The average molecular weight is 213 g/mol. The maximum atomic E-state index is 11.0. The number of nitrogens with zero attached hydrogens (tertiary/aromatic N) is 1. The number of piperidine rings is 1. The van der Waals surface area contributed by atoms with Crippen LogP contribution in [0.3, 0.4) is 0 Å². The van der Waals surface area contributed by atoms with Crippen LogP contribution in [0.2, 0.25) is 0 Å². The Hall–Kier alpha value is -1.10. The van der Waals surface area contributed by atoms with E-state index in [9.17, 15) is 9.59 Å². The van der Waals surface area contributed by atoms with Crippen LogP contribution in [-0.4, -0.2) is 46.7 Å². The average Bonchev–Trinajstić information content (AvgIpc) is 2.38. The number of carboxylic acid groups (broad SMARTS) is 2. The first-order valence-corrected chi connectivity index (χ1v) is 5.25. The van der Waals surface area contributed by atoms with E-state index in [0.717, 1.165) is 12.8 Å². The maximum Gasteiger partial charge on any atom is 0.317 e. The Morgan fingerprint density at radius 1 is 1.13 bits per heavy atom. The van der Waals surface area contributed by atoms with E-state index in [4.69, 9.17) is 10.2 Å². The fraction of sp³-hybridized carbons (Fsp3) is 0.800. The van der Waals surface area contributed by atoms with Crippen molar-refractivity contribution in [1.82, 2.24) is 4.90 Å². The number of hydrogen-bond donors (Lipinski definition) is 2. The Bertz CT molecular complexity index is 277. The van der Waals surface area contributed by atoms with Crippen molar-refractivity contribution in [2.75, 3.05) is 19.6 Å².